The van der Waals surface area contributed by atoms with Crippen LogP contribution in [0.2, 0.25) is 0 Å². The van der Waals surface area contributed by atoms with Crippen molar-refractivity contribution in [3.05, 3.63) is 0 Å². The number of nitrogens with two attached hydrogens (primary N) is 1. The highest BCUT2D eigenvalue weighted by atomic mass is 19.1. The van der Waals surface area contributed by atoms with Gasteiger partial charge in [-0.2, -0.15) is 0 Å². The second-order valence-corrected chi connectivity index (χ2v) is 3.11. The van der Waals surface area contributed by atoms with Gasteiger partial charge >= 0.3 is 0 Å². The van der Waals surface area contributed by atoms with Crippen molar-refractivity contribution < 1.29 is 9.18 Å². The van der Waals surface area contributed by atoms with Crippen LogP contribution < -0.4 is 5.73 Å². The average molecular weight is 184 g/mol. The van der Waals surface area contributed by atoms with E-state index in [0.717, 1.165) is 0 Å². The quantitative estimate of drug-likeness (QED) is 0.609. The molecule has 0 bridgehead atoms. The summed E-state index contributed by atoms with van der Waals surface area (Å²) in [5.41, 5.74) is 5.13. The SMILES string of the molecule is CC#CCN1C[C@H](F)C[C@H]1C(N)=O. The lowest BCUT2D eigenvalue weighted by molar-refractivity contribution is -0.122. The van der Waals surface area contributed by atoms with Crippen LogP contribution in [0.25, 0.3) is 0 Å². The summed E-state index contributed by atoms with van der Waals surface area (Å²) in [5, 5.41) is 0. The van der Waals surface area contributed by atoms with E-state index in [2.05, 4.69) is 11.8 Å². The fourth-order valence-electron chi connectivity index (χ4n) is 1.50. The topological polar surface area (TPSA) is 46.3 Å². The van der Waals surface area contributed by atoms with E-state index in [1.54, 1.807) is 11.8 Å². The molecule has 1 amide bonds. The predicted molar refractivity (Wildman–Crippen MR) is 47.5 cm³/mol. The Balaban J connectivity index is 2.58. The number of alkyl halides is 1. The lowest BCUT2D eigenvalue weighted by atomic mass is 10.2. The summed E-state index contributed by atoms with van der Waals surface area (Å²) in [4.78, 5) is 12.6. The number of likely N-dealkylation sites (tertiary alicyclic amines) is 1. The Hall–Kier alpha value is -1.08. The molecule has 1 aliphatic rings. The molecule has 1 aliphatic heterocycles. The molecular weight excluding hydrogens is 171 g/mol. The van der Waals surface area contributed by atoms with Gasteiger partial charge in [-0.1, -0.05) is 5.92 Å². The van der Waals surface area contributed by atoms with E-state index < -0.39 is 18.1 Å². The number of hydrogen-bond donors (Lipinski definition) is 1. The van der Waals surface area contributed by atoms with Crippen molar-refractivity contribution in [2.24, 2.45) is 5.73 Å². The Morgan fingerprint density at radius 2 is 2.46 bits per heavy atom. The molecule has 0 aromatic rings. The number of rotatable bonds is 2. The number of hydrogen-bond acceptors (Lipinski definition) is 2. The molecule has 0 spiro atoms. The monoisotopic (exact) mass is 184 g/mol. The van der Waals surface area contributed by atoms with Gasteiger partial charge in [-0.3, -0.25) is 9.69 Å². The van der Waals surface area contributed by atoms with Crippen molar-refractivity contribution in [2.45, 2.75) is 25.6 Å². The lowest BCUT2D eigenvalue weighted by Gasteiger charge is -2.17. The van der Waals surface area contributed by atoms with Crippen molar-refractivity contribution >= 4 is 5.91 Å². The molecule has 72 valence electrons. The first-order valence-electron chi connectivity index (χ1n) is 4.22. The largest absolute Gasteiger partial charge is 0.368 e. The summed E-state index contributed by atoms with van der Waals surface area (Å²) in [6.45, 7) is 2.40. The summed E-state index contributed by atoms with van der Waals surface area (Å²) < 4.78 is 12.9. The molecule has 3 nitrogen and oxygen atoms in total. The molecule has 2 atom stereocenters. The zero-order chi connectivity index (χ0) is 9.84. The number of nitrogens with zero attached hydrogens (tertiary/aromatic N) is 1. The van der Waals surface area contributed by atoms with Gasteiger partial charge in [0.2, 0.25) is 5.91 Å². The third kappa shape index (κ3) is 2.43. The van der Waals surface area contributed by atoms with Gasteiger partial charge in [0.15, 0.2) is 0 Å². The minimum Gasteiger partial charge on any atom is -0.368 e. The molecule has 0 aromatic carbocycles. The molecule has 1 rings (SSSR count). The standard InChI is InChI=1S/C9H13FN2O/c1-2-3-4-12-6-7(10)5-8(12)9(11)13/h7-8H,4-6H2,1H3,(H2,11,13)/t7-,8+/m1/s1. The molecule has 0 aliphatic carbocycles. The number of amides is 1. The van der Waals surface area contributed by atoms with Crippen molar-refractivity contribution in [1.29, 1.82) is 0 Å². The van der Waals surface area contributed by atoms with Gasteiger partial charge in [-0.05, 0) is 6.92 Å². The molecule has 0 unspecified atom stereocenters. The maximum atomic E-state index is 12.9. The highest BCUT2D eigenvalue weighted by Gasteiger charge is 2.34. The Labute approximate surface area is 77.1 Å². The van der Waals surface area contributed by atoms with Gasteiger partial charge in [0.1, 0.15) is 6.17 Å². The molecule has 4 heteroatoms. The molecule has 0 radical (unpaired) electrons. The second kappa shape index (κ2) is 4.24. The molecular formula is C9H13FN2O. The first-order chi connectivity index (χ1) is 6.15. The van der Waals surface area contributed by atoms with Gasteiger partial charge in [-0.25, -0.2) is 4.39 Å². The Bertz CT molecular complexity index is 256. The van der Waals surface area contributed by atoms with Gasteiger partial charge in [0.05, 0.1) is 12.6 Å². The summed E-state index contributed by atoms with van der Waals surface area (Å²) in [6, 6.07) is -0.476. The molecule has 2 N–H and O–H groups in total. The van der Waals surface area contributed by atoms with Gasteiger partial charge in [0, 0.05) is 13.0 Å². The smallest absolute Gasteiger partial charge is 0.234 e. The molecule has 1 heterocycles. The molecule has 1 fully saturated rings. The minimum atomic E-state index is -0.948. The highest BCUT2D eigenvalue weighted by molar-refractivity contribution is 5.80. The summed E-state index contributed by atoms with van der Waals surface area (Å²) >= 11 is 0. The summed E-state index contributed by atoms with van der Waals surface area (Å²) in [7, 11) is 0. The van der Waals surface area contributed by atoms with Crippen LogP contribution in [0.15, 0.2) is 0 Å². The van der Waals surface area contributed by atoms with Crippen LogP contribution >= 0.6 is 0 Å². The van der Waals surface area contributed by atoms with Gasteiger partial charge < -0.3 is 5.73 Å². The highest BCUT2D eigenvalue weighted by Crippen LogP contribution is 2.19. The maximum Gasteiger partial charge on any atom is 0.234 e. The Morgan fingerprint density at radius 1 is 1.77 bits per heavy atom. The number of carbonyl (C=O) groups is 1. The van der Waals surface area contributed by atoms with Crippen LogP contribution in [-0.2, 0) is 4.79 Å². The number of primary amides is 1. The molecule has 13 heavy (non-hydrogen) atoms. The van der Waals surface area contributed by atoms with E-state index in [1.807, 2.05) is 0 Å². The summed E-state index contributed by atoms with van der Waals surface area (Å²) in [6.07, 6.45) is -0.739. The van der Waals surface area contributed by atoms with E-state index in [-0.39, 0.29) is 13.0 Å². The van der Waals surface area contributed by atoms with E-state index >= 15 is 0 Å². The molecule has 0 saturated carbocycles. The lowest BCUT2D eigenvalue weighted by Crippen LogP contribution is -2.40. The van der Waals surface area contributed by atoms with Crippen molar-refractivity contribution in [3.8, 4) is 11.8 Å². The van der Waals surface area contributed by atoms with Crippen molar-refractivity contribution in [2.75, 3.05) is 13.1 Å². The zero-order valence-electron chi connectivity index (χ0n) is 7.59. The van der Waals surface area contributed by atoms with Gasteiger partial charge in [-0.15, -0.1) is 5.92 Å². The summed E-state index contributed by atoms with van der Waals surface area (Å²) in [5.74, 6) is 5.04. The molecule has 0 aromatic heterocycles. The Morgan fingerprint density at radius 3 is 3.00 bits per heavy atom. The molecule has 1 saturated heterocycles. The predicted octanol–water partition coefficient (Wildman–Crippen LogP) is -0.0926. The first-order valence-corrected chi connectivity index (χ1v) is 4.22. The van der Waals surface area contributed by atoms with Gasteiger partial charge in [0.25, 0.3) is 0 Å². The van der Waals surface area contributed by atoms with Crippen LogP contribution in [0.3, 0.4) is 0 Å². The van der Waals surface area contributed by atoms with Crippen LogP contribution in [0.5, 0.6) is 0 Å². The van der Waals surface area contributed by atoms with Crippen LogP contribution in [-0.4, -0.2) is 36.1 Å². The third-order valence-corrected chi connectivity index (χ3v) is 2.14. The maximum absolute atomic E-state index is 12.9. The number of halogens is 1. The third-order valence-electron chi connectivity index (χ3n) is 2.14. The Kier molecular flexibility index (Phi) is 3.26. The van der Waals surface area contributed by atoms with E-state index in [9.17, 15) is 9.18 Å². The average Bonchev–Trinajstić information content (AvgIpc) is 2.43. The van der Waals surface area contributed by atoms with Crippen molar-refractivity contribution in [1.82, 2.24) is 4.90 Å². The number of carbonyl (C=O) groups excluding carboxylic acids is 1. The normalized spacial score (nSPS) is 28.2. The van der Waals surface area contributed by atoms with Crippen LogP contribution in [0, 0.1) is 11.8 Å². The van der Waals surface area contributed by atoms with E-state index in [4.69, 9.17) is 5.73 Å². The zero-order valence-corrected chi connectivity index (χ0v) is 7.59. The van der Waals surface area contributed by atoms with Crippen molar-refractivity contribution in [3.63, 3.8) is 0 Å². The van der Waals surface area contributed by atoms with E-state index in [1.165, 1.54) is 0 Å². The first kappa shape index (κ1) is 10.0. The fourth-order valence-corrected chi connectivity index (χ4v) is 1.50. The second-order valence-electron chi connectivity index (χ2n) is 3.11. The fraction of sp³-hybridized carbons (Fsp3) is 0.667. The van der Waals surface area contributed by atoms with Crippen LogP contribution in [0.4, 0.5) is 4.39 Å². The van der Waals surface area contributed by atoms with E-state index in [0.29, 0.717) is 6.54 Å². The minimum absolute atomic E-state index is 0.209. The van der Waals surface area contributed by atoms with Crippen LogP contribution in [0.1, 0.15) is 13.3 Å².